The fourth-order valence-electron chi connectivity index (χ4n) is 4.14. The number of rotatable bonds is 13. The van der Waals surface area contributed by atoms with E-state index in [0.29, 0.717) is 13.0 Å². The molecule has 1 fully saturated rings. The van der Waals surface area contributed by atoms with Gasteiger partial charge in [0, 0.05) is 22.8 Å². The number of amides is 3. The van der Waals surface area contributed by atoms with E-state index in [4.69, 9.17) is 14.3 Å². The summed E-state index contributed by atoms with van der Waals surface area (Å²) in [5, 5.41) is 4.82. The smallest absolute Gasteiger partial charge is 0.408 e. The number of benzene rings is 3. The average Bonchev–Trinajstić information content (AvgIpc) is 3.04. The van der Waals surface area contributed by atoms with Gasteiger partial charge in [-0.15, -0.1) is 0 Å². The fraction of sp³-hybridized carbons (Fsp3) is 0.323. The molecule has 4 rings (SSSR count). The van der Waals surface area contributed by atoms with Crippen molar-refractivity contribution in [2.75, 3.05) is 12.4 Å². The van der Waals surface area contributed by atoms with Gasteiger partial charge in [-0.05, 0) is 61.7 Å². The molecule has 3 aromatic rings. The predicted molar refractivity (Wildman–Crippen MR) is 163 cm³/mol. The summed E-state index contributed by atoms with van der Waals surface area (Å²) in [5.41, 5.74) is 2.99. The van der Waals surface area contributed by atoms with Crippen molar-refractivity contribution in [2.45, 2.75) is 65.9 Å². The van der Waals surface area contributed by atoms with Crippen LogP contribution in [0.5, 0.6) is 0 Å². The molecule has 1 saturated heterocycles. The van der Waals surface area contributed by atoms with Crippen LogP contribution >= 0.6 is 11.8 Å². The third-order valence-electron chi connectivity index (χ3n) is 6.55. The molecule has 0 aromatic heterocycles. The van der Waals surface area contributed by atoms with Gasteiger partial charge in [0.2, 0.25) is 5.91 Å². The normalized spacial score (nSPS) is 16.2. The maximum absolute atomic E-state index is 13.4. The molecule has 3 N–H and O–H groups in total. The van der Waals surface area contributed by atoms with Crippen LogP contribution in [0.3, 0.4) is 0 Å². The van der Waals surface area contributed by atoms with Crippen LogP contribution in [-0.2, 0) is 40.3 Å². The van der Waals surface area contributed by atoms with E-state index in [1.54, 1.807) is 36.4 Å². The first kappa shape index (κ1) is 33.0. The monoisotopic (exact) mass is 641 g/mol. The van der Waals surface area contributed by atoms with Gasteiger partial charge >= 0.3 is 6.09 Å². The summed E-state index contributed by atoms with van der Waals surface area (Å²) in [4.78, 5) is 45.5. The van der Waals surface area contributed by atoms with E-state index < -0.39 is 51.9 Å². The lowest BCUT2D eigenvalue weighted by molar-refractivity contribution is -0.201. The second-order valence-corrected chi connectivity index (χ2v) is 13.2. The Hall–Kier alpha value is -3.91. The molecule has 234 valence electrons. The standard InChI is InChI=1S/C31H35N3O8S2/c1-22(32-31(37)41-20-23-10-4-2-5-11-23)29(35)33-27(30(36)34-42-28-14-8-9-19-40-28)21-44(38,39)26-17-15-25(16-18-26)43-24-12-6-3-7-13-24/h2-7,10-13,15-18,22,27-28H,8-9,14,19-21H2,1H3,(H,32,37)(H,33,35)(H,34,36)/t22-,27?,28?/m0/s1. The molecule has 2 unspecified atom stereocenters. The number of nitrogens with one attached hydrogen (secondary N) is 3. The van der Waals surface area contributed by atoms with Crippen LogP contribution < -0.4 is 16.1 Å². The maximum Gasteiger partial charge on any atom is 0.408 e. The largest absolute Gasteiger partial charge is 0.445 e. The summed E-state index contributed by atoms with van der Waals surface area (Å²) in [6, 6.07) is 22.2. The van der Waals surface area contributed by atoms with Gasteiger partial charge in [-0.25, -0.2) is 23.5 Å². The molecule has 0 radical (unpaired) electrons. The molecule has 0 spiro atoms. The van der Waals surface area contributed by atoms with Crippen molar-refractivity contribution < 1.29 is 37.1 Å². The Labute approximate surface area is 260 Å². The zero-order valence-corrected chi connectivity index (χ0v) is 25.8. The Bertz CT molecular complexity index is 1480. The van der Waals surface area contributed by atoms with Crippen molar-refractivity contribution in [1.29, 1.82) is 0 Å². The lowest BCUT2D eigenvalue weighted by Gasteiger charge is -2.24. The molecule has 11 nitrogen and oxygen atoms in total. The third-order valence-corrected chi connectivity index (χ3v) is 9.33. The van der Waals surface area contributed by atoms with E-state index in [1.165, 1.54) is 30.8 Å². The van der Waals surface area contributed by atoms with E-state index in [9.17, 15) is 22.8 Å². The number of ether oxygens (including phenoxy) is 2. The molecule has 0 saturated carbocycles. The van der Waals surface area contributed by atoms with E-state index in [0.717, 1.165) is 28.2 Å². The molecular formula is C31H35N3O8S2. The molecule has 0 aliphatic carbocycles. The zero-order valence-electron chi connectivity index (χ0n) is 24.1. The minimum atomic E-state index is -4.05. The average molecular weight is 642 g/mol. The second kappa shape index (κ2) is 16.2. The topological polar surface area (TPSA) is 149 Å². The highest BCUT2D eigenvalue weighted by Crippen LogP contribution is 2.28. The SMILES string of the molecule is C[C@H](NC(=O)OCc1ccccc1)C(=O)NC(CS(=O)(=O)c1ccc(Sc2ccccc2)cc1)C(=O)NOC1CCCCO1. The minimum Gasteiger partial charge on any atom is -0.445 e. The van der Waals surface area contributed by atoms with Crippen molar-refractivity contribution in [3.8, 4) is 0 Å². The number of carbonyl (C=O) groups is 3. The summed E-state index contributed by atoms with van der Waals surface area (Å²) in [6.45, 7) is 1.85. The lowest BCUT2D eigenvalue weighted by atomic mass is 10.2. The van der Waals surface area contributed by atoms with E-state index in [-0.39, 0.29) is 11.5 Å². The van der Waals surface area contributed by atoms with E-state index >= 15 is 0 Å². The van der Waals surface area contributed by atoms with Gasteiger partial charge in [-0.3, -0.25) is 9.59 Å². The Morgan fingerprint density at radius 2 is 1.55 bits per heavy atom. The van der Waals surface area contributed by atoms with Crippen molar-refractivity contribution in [1.82, 2.24) is 16.1 Å². The molecule has 1 aliphatic heterocycles. The molecule has 1 heterocycles. The van der Waals surface area contributed by atoms with Crippen LogP contribution in [0, 0.1) is 0 Å². The van der Waals surface area contributed by atoms with Gasteiger partial charge in [0.05, 0.1) is 10.6 Å². The maximum atomic E-state index is 13.4. The first-order valence-electron chi connectivity index (χ1n) is 14.1. The molecule has 0 bridgehead atoms. The molecule has 13 heteroatoms. The van der Waals surface area contributed by atoms with Crippen LogP contribution in [0.25, 0.3) is 0 Å². The van der Waals surface area contributed by atoms with Gasteiger partial charge in [-0.2, -0.15) is 0 Å². The van der Waals surface area contributed by atoms with Gasteiger partial charge in [0.15, 0.2) is 16.1 Å². The Kier molecular flexibility index (Phi) is 12.2. The van der Waals surface area contributed by atoms with E-state index in [1.807, 2.05) is 36.4 Å². The molecule has 3 aromatic carbocycles. The molecule has 44 heavy (non-hydrogen) atoms. The van der Waals surface area contributed by atoms with Crippen LogP contribution in [0.15, 0.2) is 99.6 Å². The zero-order chi connectivity index (χ0) is 31.4. The second-order valence-electron chi connectivity index (χ2n) is 10.0. The van der Waals surface area contributed by atoms with Gasteiger partial charge in [-0.1, -0.05) is 60.3 Å². The Morgan fingerprint density at radius 3 is 2.20 bits per heavy atom. The number of hydroxylamine groups is 1. The minimum absolute atomic E-state index is 0.00644. The molecule has 1 aliphatic rings. The van der Waals surface area contributed by atoms with Crippen molar-refractivity contribution in [3.63, 3.8) is 0 Å². The summed E-state index contributed by atoms with van der Waals surface area (Å²) in [5.74, 6) is -2.43. The number of hydrogen-bond donors (Lipinski definition) is 3. The molecule has 3 amide bonds. The first-order valence-corrected chi connectivity index (χ1v) is 16.6. The van der Waals surface area contributed by atoms with E-state index in [2.05, 4.69) is 16.1 Å². The van der Waals surface area contributed by atoms with Crippen molar-refractivity contribution in [3.05, 3.63) is 90.5 Å². The lowest BCUT2D eigenvalue weighted by Crippen LogP contribution is -2.55. The Morgan fingerprint density at radius 1 is 0.886 bits per heavy atom. The number of carbonyl (C=O) groups excluding carboxylic acids is 3. The quantitative estimate of drug-likeness (QED) is 0.236. The van der Waals surface area contributed by atoms with Crippen LogP contribution in [0.2, 0.25) is 0 Å². The van der Waals surface area contributed by atoms with Crippen molar-refractivity contribution >= 4 is 39.5 Å². The summed E-state index contributed by atoms with van der Waals surface area (Å²) < 4.78 is 37.4. The third kappa shape index (κ3) is 10.4. The Balaban J connectivity index is 1.40. The number of sulfone groups is 1. The molecule has 3 atom stereocenters. The van der Waals surface area contributed by atoms with Gasteiger partial charge < -0.3 is 20.1 Å². The van der Waals surface area contributed by atoms with Crippen molar-refractivity contribution in [2.24, 2.45) is 0 Å². The summed E-state index contributed by atoms with van der Waals surface area (Å²) in [7, 11) is -4.05. The number of hydrogen-bond acceptors (Lipinski definition) is 9. The highest BCUT2D eigenvalue weighted by atomic mass is 32.2. The van der Waals surface area contributed by atoms with Gasteiger partial charge in [0.1, 0.15) is 18.7 Å². The van der Waals surface area contributed by atoms with Crippen LogP contribution in [0.1, 0.15) is 31.7 Å². The summed E-state index contributed by atoms with van der Waals surface area (Å²) in [6.07, 6.45) is 0.727. The van der Waals surface area contributed by atoms with Gasteiger partial charge in [0.25, 0.3) is 5.91 Å². The molecular weight excluding hydrogens is 606 g/mol. The highest BCUT2D eigenvalue weighted by Gasteiger charge is 2.31. The first-order chi connectivity index (χ1) is 21.2. The fourth-order valence-corrected chi connectivity index (χ4v) is 6.40. The van der Waals surface area contributed by atoms with Crippen LogP contribution in [-0.4, -0.2) is 57.1 Å². The summed E-state index contributed by atoms with van der Waals surface area (Å²) >= 11 is 1.48. The number of alkyl carbamates (subject to hydrolysis) is 1. The predicted octanol–water partition coefficient (Wildman–Crippen LogP) is 3.99. The highest BCUT2D eigenvalue weighted by molar-refractivity contribution is 7.99. The van der Waals surface area contributed by atoms with Crippen LogP contribution in [0.4, 0.5) is 4.79 Å².